The summed E-state index contributed by atoms with van der Waals surface area (Å²) < 4.78 is 0. The van der Waals surface area contributed by atoms with Gasteiger partial charge in [-0.3, -0.25) is 4.79 Å². The van der Waals surface area contributed by atoms with Crippen molar-refractivity contribution in [2.45, 2.75) is 45.6 Å². The lowest BCUT2D eigenvalue weighted by atomic mass is 10.1. The molecule has 1 rings (SSSR count). The van der Waals surface area contributed by atoms with Gasteiger partial charge in [-0.05, 0) is 25.3 Å². The molecule has 1 aromatic carbocycles. The Bertz CT molecular complexity index is 428. The second-order valence-corrected chi connectivity index (χ2v) is 5.35. The van der Waals surface area contributed by atoms with Crippen LogP contribution < -0.4 is 11.1 Å². The molecule has 0 aliphatic carbocycles. The molecule has 104 valence electrons. The highest BCUT2D eigenvalue weighted by atomic mass is 32.1. The minimum absolute atomic E-state index is 0.0583. The van der Waals surface area contributed by atoms with Crippen molar-refractivity contribution in [2.75, 3.05) is 0 Å². The highest BCUT2D eigenvalue weighted by Crippen LogP contribution is 2.06. The monoisotopic (exact) mass is 278 g/mol. The summed E-state index contributed by atoms with van der Waals surface area (Å²) in [6.07, 6.45) is 2.67. The van der Waals surface area contributed by atoms with E-state index in [0.29, 0.717) is 17.8 Å². The van der Waals surface area contributed by atoms with Crippen LogP contribution >= 0.6 is 12.2 Å². The molecule has 3 N–H and O–H groups in total. The van der Waals surface area contributed by atoms with E-state index in [-0.39, 0.29) is 11.9 Å². The van der Waals surface area contributed by atoms with Crippen molar-refractivity contribution in [3.8, 4) is 0 Å². The largest absolute Gasteiger partial charge is 0.393 e. The molecule has 0 radical (unpaired) electrons. The maximum absolute atomic E-state index is 11.8. The number of amides is 1. The number of rotatable bonds is 7. The van der Waals surface area contributed by atoms with Gasteiger partial charge in [0.1, 0.15) is 0 Å². The molecule has 0 spiro atoms. The Morgan fingerprint density at radius 1 is 1.37 bits per heavy atom. The fourth-order valence-electron chi connectivity index (χ4n) is 1.85. The van der Waals surface area contributed by atoms with Gasteiger partial charge in [-0.25, -0.2) is 0 Å². The average Bonchev–Trinajstić information content (AvgIpc) is 2.36. The molecule has 0 aliphatic rings. The maximum Gasteiger partial charge on any atom is 0.220 e. The van der Waals surface area contributed by atoms with Gasteiger partial charge < -0.3 is 11.1 Å². The molecule has 0 bridgehead atoms. The van der Waals surface area contributed by atoms with Crippen molar-refractivity contribution in [2.24, 2.45) is 5.73 Å². The van der Waals surface area contributed by atoms with Crippen molar-refractivity contribution in [3.63, 3.8) is 0 Å². The highest BCUT2D eigenvalue weighted by Gasteiger charge is 2.11. The topological polar surface area (TPSA) is 55.1 Å². The van der Waals surface area contributed by atoms with E-state index in [0.717, 1.165) is 12.8 Å². The first-order chi connectivity index (χ1) is 9.01. The number of carbonyl (C=O) groups is 1. The molecule has 1 aromatic rings. The summed E-state index contributed by atoms with van der Waals surface area (Å²) in [5.41, 5.74) is 7.92. The minimum atomic E-state index is 0.0583. The zero-order chi connectivity index (χ0) is 14.3. The van der Waals surface area contributed by atoms with E-state index in [1.807, 2.05) is 6.92 Å². The van der Waals surface area contributed by atoms with Crippen molar-refractivity contribution in [3.05, 3.63) is 35.4 Å². The molecule has 4 heteroatoms. The van der Waals surface area contributed by atoms with Crippen LogP contribution in [0.5, 0.6) is 0 Å². The Balaban J connectivity index is 2.38. The highest BCUT2D eigenvalue weighted by molar-refractivity contribution is 7.80. The van der Waals surface area contributed by atoms with Crippen molar-refractivity contribution in [1.29, 1.82) is 0 Å². The quantitative estimate of drug-likeness (QED) is 0.753. The third-order valence-corrected chi connectivity index (χ3v) is 3.23. The second-order valence-electron chi connectivity index (χ2n) is 4.83. The van der Waals surface area contributed by atoms with Gasteiger partial charge in [0.05, 0.1) is 4.99 Å². The zero-order valence-electron chi connectivity index (χ0n) is 11.6. The van der Waals surface area contributed by atoms with Gasteiger partial charge in [-0.1, -0.05) is 49.0 Å². The summed E-state index contributed by atoms with van der Waals surface area (Å²) in [4.78, 5) is 12.3. The molecule has 0 saturated carbocycles. The molecule has 3 nitrogen and oxygen atoms in total. The Morgan fingerprint density at radius 2 is 2.00 bits per heavy atom. The molecule has 0 fully saturated rings. The third-order valence-electron chi connectivity index (χ3n) is 3.07. The lowest BCUT2D eigenvalue weighted by Crippen LogP contribution is -2.37. The van der Waals surface area contributed by atoms with E-state index in [9.17, 15) is 4.79 Å². The lowest BCUT2D eigenvalue weighted by molar-refractivity contribution is -0.121. The van der Waals surface area contributed by atoms with Gasteiger partial charge in [-0.2, -0.15) is 0 Å². The Labute approximate surface area is 120 Å². The Kier molecular flexibility index (Phi) is 6.50. The molecule has 0 saturated heterocycles. The van der Waals surface area contributed by atoms with E-state index in [1.54, 1.807) is 0 Å². The fourth-order valence-corrected chi connectivity index (χ4v) is 2.05. The summed E-state index contributed by atoms with van der Waals surface area (Å²) in [6.45, 7) is 4.07. The Hall–Kier alpha value is -1.42. The van der Waals surface area contributed by atoms with Gasteiger partial charge in [0, 0.05) is 18.9 Å². The molecule has 19 heavy (non-hydrogen) atoms. The van der Waals surface area contributed by atoms with Crippen LogP contribution in [0.15, 0.2) is 24.3 Å². The number of carbonyl (C=O) groups excluding carboxylic acids is 1. The van der Waals surface area contributed by atoms with E-state index >= 15 is 0 Å². The first kappa shape index (κ1) is 15.6. The lowest BCUT2D eigenvalue weighted by Gasteiger charge is -2.16. The van der Waals surface area contributed by atoms with E-state index in [1.165, 1.54) is 11.1 Å². The van der Waals surface area contributed by atoms with E-state index in [2.05, 4.69) is 36.5 Å². The molecule has 0 aliphatic heterocycles. The Morgan fingerprint density at radius 3 is 2.53 bits per heavy atom. The van der Waals surface area contributed by atoms with Crippen LogP contribution in [0.2, 0.25) is 0 Å². The van der Waals surface area contributed by atoms with Crippen LogP contribution in [0.25, 0.3) is 0 Å². The smallest absolute Gasteiger partial charge is 0.220 e. The van der Waals surface area contributed by atoms with Crippen molar-refractivity contribution in [1.82, 2.24) is 5.32 Å². The fraction of sp³-hybridized carbons (Fsp3) is 0.467. The molecule has 0 heterocycles. The predicted octanol–water partition coefficient (Wildman–Crippen LogP) is 2.50. The van der Waals surface area contributed by atoms with Crippen LogP contribution in [-0.4, -0.2) is 16.9 Å². The molecule has 1 amide bonds. The van der Waals surface area contributed by atoms with Crippen LogP contribution in [0.3, 0.4) is 0 Å². The van der Waals surface area contributed by atoms with Gasteiger partial charge in [0.15, 0.2) is 0 Å². The average molecular weight is 278 g/mol. The predicted molar refractivity (Wildman–Crippen MR) is 83.1 cm³/mol. The number of nitrogens with two attached hydrogens (primary N) is 1. The first-order valence-electron chi connectivity index (χ1n) is 6.64. The van der Waals surface area contributed by atoms with E-state index in [4.69, 9.17) is 18.0 Å². The third kappa shape index (κ3) is 6.34. The number of aryl methyl sites for hydroxylation is 2. The number of hydrogen-bond donors (Lipinski definition) is 2. The molecular formula is C15H22N2OS. The molecular weight excluding hydrogens is 256 g/mol. The summed E-state index contributed by atoms with van der Waals surface area (Å²) in [7, 11) is 0. The zero-order valence-corrected chi connectivity index (χ0v) is 12.4. The number of benzene rings is 1. The van der Waals surface area contributed by atoms with Gasteiger partial charge in [0.2, 0.25) is 5.91 Å². The number of nitrogens with one attached hydrogen (secondary N) is 1. The van der Waals surface area contributed by atoms with Crippen LogP contribution in [0.1, 0.15) is 37.3 Å². The van der Waals surface area contributed by atoms with Crippen LogP contribution in [0, 0.1) is 6.92 Å². The number of thiocarbonyl (C=S) groups is 1. The SMILES string of the molecule is CCC(CC(N)=S)NC(=O)CCc1ccc(C)cc1. The standard InChI is InChI=1S/C15H22N2OS/c1-3-13(10-14(16)19)17-15(18)9-8-12-6-4-11(2)5-7-12/h4-7,13H,3,8-10H2,1-2H3,(H2,16,19)(H,17,18). The normalized spacial score (nSPS) is 11.9. The summed E-state index contributed by atoms with van der Waals surface area (Å²) in [6, 6.07) is 8.32. The minimum Gasteiger partial charge on any atom is -0.393 e. The molecule has 1 atom stereocenters. The van der Waals surface area contributed by atoms with Gasteiger partial charge >= 0.3 is 0 Å². The van der Waals surface area contributed by atoms with E-state index < -0.39 is 0 Å². The molecule has 0 aromatic heterocycles. The van der Waals surface area contributed by atoms with Gasteiger partial charge in [0.25, 0.3) is 0 Å². The number of hydrogen-bond acceptors (Lipinski definition) is 2. The van der Waals surface area contributed by atoms with Crippen LogP contribution in [-0.2, 0) is 11.2 Å². The summed E-state index contributed by atoms with van der Waals surface area (Å²) in [5, 5.41) is 2.97. The van der Waals surface area contributed by atoms with Crippen molar-refractivity contribution >= 4 is 23.1 Å². The van der Waals surface area contributed by atoms with Crippen molar-refractivity contribution < 1.29 is 4.79 Å². The summed E-state index contributed by atoms with van der Waals surface area (Å²) in [5.74, 6) is 0.0590. The van der Waals surface area contributed by atoms with Crippen LogP contribution in [0.4, 0.5) is 0 Å². The maximum atomic E-state index is 11.8. The summed E-state index contributed by atoms with van der Waals surface area (Å²) >= 11 is 4.87. The van der Waals surface area contributed by atoms with Gasteiger partial charge in [-0.15, -0.1) is 0 Å². The first-order valence-corrected chi connectivity index (χ1v) is 7.05. The molecule has 1 unspecified atom stereocenters. The second kappa shape index (κ2) is 7.89.